The molecule has 4 aliphatic rings. The zero-order valence-corrected chi connectivity index (χ0v) is 14.9. The summed E-state index contributed by atoms with van der Waals surface area (Å²) in [5.74, 6) is 2.61. The second-order valence-corrected chi connectivity index (χ2v) is 8.84. The zero-order valence-electron chi connectivity index (χ0n) is 13.3. The van der Waals surface area contributed by atoms with Gasteiger partial charge in [0.1, 0.15) is 5.78 Å². The van der Waals surface area contributed by atoms with E-state index in [4.69, 9.17) is 4.74 Å². The van der Waals surface area contributed by atoms with Gasteiger partial charge in [0.25, 0.3) is 0 Å². The van der Waals surface area contributed by atoms with Crippen LogP contribution in [-0.4, -0.2) is 58.6 Å². The number of nitrogens with zero attached hydrogens (tertiary/aromatic N) is 2. The Hall–Kier alpha value is -0.330. The molecule has 6 heteroatoms. The molecule has 4 atom stereocenters. The summed E-state index contributed by atoms with van der Waals surface area (Å²) in [6, 6.07) is 0. The molecule has 4 heterocycles. The standard InChI is InChI=1S/C9H13NOS.C7H11NOS/c1-6-2-7-3-8(11)5-12-9(7)4-10-6;1-5-2-7-6(3-8-5)9-4-10-7/h7,9H,2-5H2,1H3;6-7H,2-4H2,1H3. The molecule has 0 N–H and O–H groups in total. The van der Waals surface area contributed by atoms with Gasteiger partial charge in [0, 0.05) is 28.3 Å². The van der Waals surface area contributed by atoms with E-state index in [1.165, 1.54) is 11.4 Å². The van der Waals surface area contributed by atoms with Crippen molar-refractivity contribution in [2.24, 2.45) is 15.9 Å². The highest BCUT2D eigenvalue weighted by atomic mass is 32.2. The fourth-order valence-corrected chi connectivity index (χ4v) is 5.63. The highest BCUT2D eigenvalue weighted by Crippen LogP contribution is 2.34. The van der Waals surface area contributed by atoms with E-state index in [1.54, 1.807) is 11.8 Å². The van der Waals surface area contributed by atoms with Crippen molar-refractivity contribution >= 4 is 40.7 Å². The molecular formula is C16H24N2O2S2. The Morgan fingerprint density at radius 1 is 1.00 bits per heavy atom. The third-order valence-electron chi connectivity index (χ3n) is 4.59. The second kappa shape index (κ2) is 7.49. The summed E-state index contributed by atoms with van der Waals surface area (Å²) in [7, 11) is 0. The van der Waals surface area contributed by atoms with Gasteiger partial charge in [-0.05, 0) is 32.6 Å². The first-order chi connectivity index (χ1) is 10.6. The molecule has 0 spiro atoms. The van der Waals surface area contributed by atoms with Crippen molar-refractivity contribution in [3.8, 4) is 0 Å². The Bertz CT molecular complexity index is 493. The van der Waals surface area contributed by atoms with Crippen LogP contribution in [-0.2, 0) is 9.53 Å². The molecule has 0 aromatic heterocycles. The number of fused-ring (bicyclic) bond motifs is 2. The molecular weight excluding hydrogens is 316 g/mol. The van der Waals surface area contributed by atoms with E-state index in [1.807, 2.05) is 11.8 Å². The quantitative estimate of drug-likeness (QED) is 0.680. The SMILES string of the molecule is CC1=NCC2OCSC2C1.CC1=NCC2SCC(=O)CC2C1. The highest BCUT2D eigenvalue weighted by molar-refractivity contribution is 8.00. The highest BCUT2D eigenvalue weighted by Gasteiger charge is 2.32. The van der Waals surface area contributed by atoms with E-state index in [0.717, 1.165) is 44.0 Å². The predicted molar refractivity (Wildman–Crippen MR) is 95.7 cm³/mol. The van der Waals surface area contributed by atoms with E-state index in [-0.39, 0.29) is 0 Å². The molecule has 122 valence electrons. The number of hydrogen-bond acceptors (Lipinski definition) is 6. The third kappa shape index (κ3) is 4.15. The van der Waals surface area contributed by atoms with Gasteiger partial charge in [-0.1, -0.05) is 0 Å². The predicted octanol–water partition coefficient (Wildman–Crippen LogP) is 2.85. The number of carbonyl (C=O) groups is 1. The normalized spacial score (nSPS) is 37.3. The maximum Gasteiger partial charge on any atom is 0.143 e. The van der Waals surface area contributed by atoms with Crippen LogP contribution in [0.4, 0.5) is 0 Å². The number of aliphatic imine (C=N–C) groups is 2. The van der Waals surface area contributed by atoms with Gasteiger partial charge in [-0.2, -0.15) is 0 Å². The summed E-state index contributed by atoms with van der Waals surface area (Å²) < 4.78 is 5.46. The van der Waals surface area contributed by atoms with Crippen LogP contribution >= 0.6 is 23.5 Å². The van der Waals surface area contributed by atoms with E-state index >= 15 is 0 Å². The fourth-order valence-electron chi connectivity index (χ4n) is 3.30. The first-order valence-electron chi connectivity index (χ1n) is 7.98. The van der Waals surface area contributed by atoms with Gasteiger partial charge in [-0.15, -0.1) is 23.5 Å². The van der Waals surface area contributed by atoms with Crippen molar-refractivity contribution in [2.45, 2.75) is 49.7 Å². The van der Waals surface area contributed by atoms with Crippen LogP contribution in [0.5, 0.6) is 0 Å². The summed E-state index contributed by atoms with van der Waals surface area (Å²) in [5.41, 5.74) is 2.52. The molecule has 4 nitrogen and oxygen atoms in total. The minimum Gasteiger partial charge on any atom is -0.365 e. The Morgan fingerprint density at radius 2 is 1.77 bits per heavy atom. The van der Waals surface area contributed by atoms with Gasteiger partial charge in [-0.25, -0.2) is 0 Å². The molecule has 0 saturated carbocycles. The Balaban J connectivity index is 0.000000133. The lowest BCUT2D eigenvalue weighted by molar-refractivity contribution is -0.117. The maximum absolute atomic E-state index is 11.2. The minimum absolute atomic E-state index is 0.425. The first-order valence-corrected chi connectivity index (χ1v) is 10.1. The Morgan fingerprint density at radius 3 is 2.64 bits per heavy atom. The number of rotatable bonds is 0. The molecule has 0 amide bonds. The van der Waals surface area contributed by atoms with Crippen molar-refractivity contribution < 1.29 is 9.53 Å². The lowest BCUT2D eigenvalue weighted by atomic mass is 9.90. The number of carbonyl (C=O) groups excluding carboxylic acids is 1. The number of ether oxygens (including phenoxy) is 1. The van der Waals surface area contributed by atoms with E-state index in [9.17, 15) is 4.79 Å². The largest absolute Gasteiger partial charge is 0.365 e. The monoisotopic (exact) mass is 340 g/mol. The van der Waals surface area contributed by atoms with Gasteiger partial charge in [0.2, 0.25) is 0 Å². The maximum atomic E-state index is 11.2. The van der Waals surface area contributed by atoms with Crippen molar-refractivity contribution in [3.05, 3.63) is 0 Å². The summed E-state index contributed by atoms with van der Waals surface area (Å²) in [4.78, 5) is 19.9. The van der Waals surface area contributed by atoms with E-state index in [0.29, 0.717) is 28.3 Å². The summed E-state index contributed by atoms with van der Waals surface area (Å²) in [6.07, 6.45) is 3.40. The molecule has 0 aliphatic carbocycles. The van der Waals surface area contributed by atoms with E-state index in [2.05, 4.69) is 23.8 Å². The van der Waals surface area contributed by atoms with Crippen molar-refractivity contribution in [2.75, 3.05) is 24.8 Å². The average Bonchev–Trinajstić information content (AvgIpc) is 2.94. The fraction of sp³-hybridized carbons (Fsp3) is 0.812. The number of ketones is 1. The molecule has 0 bridgehead atoms. The van der Waals surface area contributed by atoms with Crippen molar-refractivity contribution in [1.29, 1.82) is 0 Å². The number of hydrogen-bond donors (Lipinski definition) is 0. The molecule has 2 fully saturated rings. The van der Waals surface area contributed by atoms with Crippen LogP contribution in [0.2, 0.25) is 0 Å². The van der Waals surface area contributed by atoms with Crippen LogP contribution in [0.15, 0.2) is 9.98 Å². The van der Waals surface area contributed by atoms with Gasteiger partial charge in [-0.3, -0.25) is 14.8 Å². The first kappa shape index (κ1) is 16.5. The van der Waals surface area contributed by atoms with E-state index < -0.39 is 0 Å². The van der Waals surface area contributed by atoms with Gasteiger partial charge in [0.05, 0.1) is 30.9 Å². The second-order valence-electron chi connectivity index (χ2n) is 6.44. The average molecular weight is 341 g/mol. The van der Waals surface area contributed by atoms with Crippen LogP contribution < -0.4 is 0 Å². The third-order valence-corrected chi connectivity index (χ3v) is 7.21. The molecule has 0 radical (unpaired) electrons. The number of Topliss-reactive ketones (excluding diaryl/α,β-unsaturated/α-hetero) is 1. The molecule has 0 aromatic rings. The van der Waals surface area contributed by atoms with Crippen LogP contribution in [0, 0.1) is 5.92 Å². The van der Waals surface area contributed by atoms with Crippen molar-refractivity contribution in [1.82, 2.24) is 0 Å². The molecule has 4 unspecified atom stereocenters. The van der Waals surface area contributed by atoms with Crippen LogP contribution in [0.3, 0.4) is 0 Å². The van der Waals surface area contributed by atoms with Gasteiger partial charge < -0.3 is 4.74 Å². The minimum atomic E-state index is 0.425. The van der Waals surface area contributed by atoms with Crippen molar-refractivity contribution in [3.63, 3.8) is 0 Å². The lowest BCUT2D eigenvalue weighted by Gasteiger charge is -2.32. The Kier molecular flexibility index (Phi) is 5.63. The molecule has 4 aliphatic heterocycles. The summed E-state index contributed by atoms with van der Waals surface area (Å²) >= 11 is 3.73. The zero-order chi connectivity index (χ0) is 15.5. The van der Waals surface area contributed by atoms with Gasteiger partial charge >= 0.3 is 0 Å². The number of thioether (sulfide) groups is 2. The molecule has 4 rings (SSSR count). The lowest BCUT2D eigenvalue weighted by Crippen LogP contribution is -2.34. The summed E-state index contributed by atoms with van der Waals surface area (Å²) in [6.45, 7) is 6.01. The molecule has 22 heavy (non-hydrogen) atoms. The van der Waals surface area contributed by atoms with Gasteiger partial charge in [0.15, 0.2) is 0 Å². The smallest absolute Gasteiger partial charge is 0.143 e. The van der Waals surface area contributed by atoms with Crippen LogP contribution in [0.1, 0.15) is 33.1 Å². The summed E-state index contributed by atoms with van der Waals surface area (Å²) in [5, 5.41) is 1.34. The molecule has 0 aromatic carbocycles. The topological polar surface area (TPSA) is 51.0 Å². The Labute approximate surface area is 141 Å². The van der Waals surface area contributed by atoms with Crippen LogP contribution in [0.25, 0.3) is 0 Å². The molecule has 2 saturated heterocycles.